The Hall–Kier alpha value is -2.70. The molecule has 1 aromatic heterocycles. The summed E-state index contributed by atoms with van der Waals surface area (Å²) >= 11 is 5.99. The molecule has 1 unspecified atom stereocenters. The number of nitrogens with zero attached hydrogens (tertiary/aromatic N) is 3. The Morgan fingerprint density at radius 2 is 1.88 bits per heavy atom. The van der Waals surface area contributed by atoms with Crippen LogP contribution in [0.1, 0.15) is 44.7 Å². The van der Waals surface area contributed by atoms with Crippen molar-refractivity contribution >= 4 is 17.4 Å². The maximum Gasteiger partial charge on any atom is 0.346 e. The Kier molecular flexibility index (Phi) is 7.36. The Morgan fingerprint density at radius 1 is 1.19 bits per heavy atom. The minimum atomic E-state index is -0.688. The normalized spacial score (nSPS) is 12.7. The Balaban J connectivity index is 1.88. The van der Waals surface area contributed by atoms with E-state index in [2.05, 4.69) is 11.2 Å². The second-order valence-corrected chi connectivity index (χ2v) is 9.35. The van der Waals surface area contributed by atoms with Crippen LogP contribution in [-0.2, 0) is 23.3 Å². The third-order valence-electron chi connectivity index (χ3n) is 5.65. The van der Waals surface area contributed by atoms with E-state index in [0.29, 0.717) is 22.8 Å². The summed E-state index contributed by atoms with van der Waals surface area (Å²) in [5, 5.41) is 15.2. The lowest BCUT2D eigenvalue weighted by molar-refractivity contribution is -0.120. The number of rotatable bonds is 9. The van der Waals surface area contributed by atoms with Gasteiger partial charge in [-0.05, 0) is 48.6 Å². The highest BCUT2D eigenvalue weighted by Crippen LogP contribution is 2.28. The summed E-state index contributed by atoms with van der Waals surface area (Å²) in [6, 6.07) is 15.1. The summed E-state index contributed by atoms with van der Waals surface area (Å²) in [6.07, 6.45) is 0.0950. The molecule has 0 aliphatic heterocycles. The molecule has 170 valence electrons. The zero-order valence-electron chi connectivity index (χ0n) is 19.0. The number of Topliss-reactive ketones (excluding diaryl/α,β-unsaturated/α-hetero) is 1. The van der Waals surface area contributed by atoms with E-state index in [9.17, 15) is 14.7 Å². The summed E-state index contributed by atoms with van der Waals surface area (Å²) in [6.45, 7) is 7.91. The second kappa shape index (κ2) is 9.84. The molecular weight excluding hydrogens is 426 g/mol. The van der Waals surface area contributed by atoms with Crippen LogP contribution in [-0.4, -0.2) is 31.3 Å². The molecule has 0 radical (unpaired) electrons. The van der Waals surface area contributed by atoms with Gasteiger partial charge in [0.1, 0.15) is 6.54 Å². The molecule has 0 fully saturated rings. The van der Waals surface area contributed by atoms with E-state index < -0.39 is 11.8 Å². The number of ketones is 1. The number of benzene rings is 2. The fourth-order valence-electron chi connectivity index (χ4n) is 3.74. The summed E-state index contributed by atoms with van der Waals surface area (Å²) in [4.78, 5) is 26.0. The number of hydrogen-bond acceptors (Lipinski definition) is 4. The van der Waals surface area contributed by atoms with Gasteiger partial charge in [0.2, 0.25) is 0 Å². The van der Waals surface area contributed by atoms with Crippen molar-refractivity contribution in [2.24, 2.45) is 0 Å². The molecule has 0 saturated heterocycles. The van der Waals surface area contributed by atoms with Crippen molar-refractivity contribution in [2.75, 3.05) is 0 Å². The topological polar surface area (TPSA) is 77.1 Å². The van der Waals surface area contributed by atoms with E-state index in [1.54, 1.807) is 24.3 Å². The van der Waals surface area contributed by atoms with Crippen LogP contribution in [0.15, 0.2) is 53.3 Å². The molecule has 3 rings (SSSR count). The molecule has 2 aromatic carbocycles. The number of carbonyl (C=O) groups excluding carboxylic acids is 1. The minimum absolute atomic E-state index is 0.0815. The van der Waals surface area contributed by atoms with Gasteiger partial charge >= 0.3 is 5.69 Å². The number of halogens is 1. The Bertz CT molecular complexity index is 1150. The number of aryl methyl sites for hydroxylation is 1. The molecule has 0 amide bonds. The van der Waals surface area contributed by atoms with Crippen molar-refractivity contribution in [3.05, 3.63) is 75.2 Å². The lowest BCUT2D eigenvalue weighted by Gasteiger charge is -2.24. The molecule has 6 nitrogen and oxygen atoms in total. The smallest absolute Gasteiger partial charge is 0.346 e. The van der Waals surface area contributed by atoms with E-state index in [-0.39, 0.29) is 30.7 Å². The fraction of sp³-hybridized carbons (Fsp3) is 0.400. The maximum absolute atomic E-state index is 13.1. The predicted molar refractivity (Wildman–Crippen MR) is 127 cm³/mol. The summed E-state index contributed by atoms with van der Waals surface area (Å²) in [5.74, 6) is 0.326. The molecule has 3 aromatic rings. The van der Waals surface area contributed by atoms with Gasteiger partial charge < -0.3 is 5.11 Å². The second-order valence-electron chi connectivity index (χ2n) is 8.91. The number of aromatic nitrogens is 3. The zero-order valence-corrected chi connectivity index (χ0v) is 19.8. The van der Waals surface area contributed by atoms with E-state index in [1.807, 2.05) is 45.9 Å². The quantitative estimate of drug-likeness (QED) is 0.519. The predicted octanol–water partition coefficient (Wildman–Crippen LogP) is 4.38. The first kappa shape index (κ1) is 24.0. The van der Waals surface area contributed by atoms with E-state index in [1.165, 1.54) is 9.25 Å². The highest BCUT2D eigenvalue weighted by atomic mass is 35.5. The molecule has 1 atom stereocenters. The van der Waals surface area contributed by atoms with Crippen molar-refractivity contribution in [3.63, 3.8) is 0 Å². The van der Waals surface area contributed by atoms with Crippen LogP contribution in [0, 0.1) is 6.92 Å². The minimum Gasteiger partial charge on any atom is -0.391 e. The van der Waals surface area contributed by atoms with Gasteiger partial charge in [-0.25, -0.2) is 9.48 Å². The van der Waals surface area contributed by atoms with Crippen molar-refractivity contribution in [3.8, 4) is 11.4 Å². The first-order chi connectivity index (χ1) is 15.1. The van der Waals surface area contributed by atoms with Crippen LogP contribution in [0.4, 0.5) is 0 Å². The van der Waals surface area contributed by atoms with Crippen molar-refractivity contribution < 1.29 is 9.90 Å². The molecule has 1 heterocycles. The third kappa shape index (κ3) is 5.56. The van der Waals surface area contributed by atoms with Crippen LogP contribution in [0.2, 0.25) is 5.02 Å². The van der Waals surface area contributed by atoms with Crippen LogP contribution in [0.25, 0.3) is 11.4 Å². The Morgan fingerprint density at radius 3 is 2.50 bits per heavy atom. The van der Waals surface area contributed by atoms with Gasteiger partial charge in [0, 0.05) is 17.0 Å². The van der Waals surface area contributed by atoms with Gasteiger partial charge in [0.25, 0.3) is 0 Å². The zero-order chi connectivity index (χ0) is 23.5. The highest BCUT2D eigenvalue weighted by molar-refractivity contribution is 6.30. The van der Waals surface area contributed by atoms with Crippen LogP contribution >= 0.6 is 11.6 Å². The van der Waals surface area contributed by atoms with Crippen LogP contribution in [0.5, 0.6) is 0 Å². The van der Waals surface area contributed by atoms with Gasteiger partial charge in [-0.15, -0.1) is 5.10 Å². The fourth-order valence-corrected chi connectivity index (χ4v) is 3.87. The van der Waals surface area contributed by atoms with E-state index >= 15 is 0 Å². The molecule has 0 bridgehead atoms. The molecule has 1 N–H and O–H groups in total. The summed E-state index contributed by atoms with van der Waals surface area (Å²) in [5.41, 5.74) is 2.13. The molecule has 32 heavy (non-hydrogen) atoms. The van der Waals surface area contributed by atoms with Crippen LogP contribution in [0.3, 0.4) is 0 Å². The molecule has 7 heteroatoms. The highest BCUT2D eigenvalue weighted by Gasteiger charge is 2.26. The number of hydrogen-bond donors (Lipinski definition) is 1. The van der Waals surface area contributed by atoms with Gasteiger partial charge in [-0.3, -0.25) is 9.36 Å². The maximum atomic E-state index is 13.1. The summed E-state index contributed by atoms with van der Waals surface area (Å²) < 4.78 is 2.62. The monoisotopic (exact) mass is 455 g/mol. The molecular formula is C25H30ClN3O3. The molecule has 0 spiro atoms. The summed E-state index contributed by atoms with van der Waals surface area (Å²) in [7, 11) is 0. The number of aliphatic hydroxyl groups is 1. The average molecular weight is 456 g/mol. The van der Waals surface area contributed by atoms with Crippen LogP contribution < -0.4 is 5.69 Å². The lowest BCUT2D eigenvalue weighted by atomic mass is 9.79. The van der Waals surface area contributed by atoms with Crippen molar-refractivity contribution in [1.82, 2.24) is 14.3 Å². The van der Waals surface area contributed by atoms with E-state index in [4.69, 9.17) is 11.6 Å². The van der Waals surface area contributed by atoms with Gasteiger partial charge in [0.15, 0.2) is 11.6 Å². The largest absolute Gasteiger partial charge is 0.391 e. The van der Waals surface area contributed by atoms with E-state index in [0.717, 1.165) is 11.1 Å². The van der Waals surface area contributed by atoms with Crippen molar-refractivity contribution in [2.45, 2.75) is 65.1 Å². The lowest BCUT2D eigenvalue weighted by Crippen LogP contribution is -2.32. The van der Waals surface area contributed by atoms with Gasteiger partial charge in [-0.1, -0.05) is 62.2 Å². The number of carbonyl (C=O) groups is 1. The third-order valence-corrected chi connectivity index (χ3v) is 5.91. The number of aliphatic hydroxyl groups excluding tert-OH is 1. The SMILES string of the molecule is CCC(O)Cn1c(-c2ccc(Cl)cc2)nn(CC(=O)CC(C)(C)c2cccc(C)c2)c1=O. The average Bonchev–Trinajstić information content (AvgIpc) is 3.03. The molecule has 0 aliphatic rings. The first-order valence-corrected chi connectivity index (χ1v) is 11.2. The van der Waals surface area contributed by atoms with Gasteiger partial charge in [0.05, 0.1) is 12.6 Å². The Labute approximate surface area is 193 Å². The van der Waals surface area contributed by atoms with Crippen molar-refractivity contribution in [1.29, 1.82) is 0 Å². The van der Waals surface area contributed by atoms with Gasteiger partial charge in [-0.2, -0.15) is 0 Å². The standard InChI is InChI=1S/C25H30ClN3O3/c1-5-21(30)15-28-23(18-9-11-20(26)12-10-18)27-29(24(28)32)16-22(31)14-25(3,4)19-8-6-7-17(2)13-19/h6-13,21,30H,5,14-16H2,1-4H3. The molecule has 0 saturated carbocycles. The molecule has 0 aliphatic carbocycles. The first-order valence-electron chi connectivity index (χ1n) is 10.8.